The first kappa shape index (κ1) is 19.5. The lowest BCUT2D eigenvalue weighted by molar-refractivity contribution is -0.140. The molecule has 2 nitrogen and oxygen atoms in total. The minimum absolute atomic E-state index is 0.0150. The van der Waals surface area contributed by atoms with E-state index >= 15 is 0 Å². The van der Waals surface area contributed by atoms with Crippen molar-refractivity contribution in [3.8, 4) is 12.3 Å². The Morgan fingerprint density at radius 3 is 1.65 bits per heavy atom. The van der Waals surface area contributed by atoms with E-state index in [0.717, 1.165) is 26.1 Å². The topological polar surface area (TPSA) is 18.5 Å². The van der Waals surface area contributed by atoms with Crippen LogP contribution in [0.2, 0.25) is 0 Å². The fraction of sp³-hybridized carbons (Fsp3) is 0.889. The highest BCUT2D eigenvalue weighted by molar-refractivity contribution is 4.82. The van der Waals surface area contributed by atoms with Crippen molar-refractivity contribution in [3.05, 3.63) is 0 Å². The summed E-state index contributed by atoms with van der Waals surface area (Å²) in [5.74, 6) is 2.70. The van der Waals surface area contributed by atoms with E-state index in [0.29, 0.717) is 0 Å². The molecule has 0 fully saturated rings. The van der Waals surface area contributed by atoms with E-state index in [1.54, 1.807) is 0 Å². The fourth-order valence-corrected chi connectivity index (χ4v) is 2.36. The maximum Gasteiger partial charge on any atom is 0.157 e. The van der Waals surface area contributed by atoms with Crippen LogP contribution in [0, 0.1) is 12.3 Å². The first-order valence-corrected chi connectivity index (χ1v) is 8.51. The van der Waals surface area contributed by atoms with Gasteiger partial charge in [0.15, 0.2) is 6.29 Å². The van der Waals surface area contributed by atoms with E-state index in [2.05, 4.69) is 5.92 Å². The van der Waals surface area contributed by atoms with Gasteiger partial charge < -0.3 is 9.47 Å². The Hall–Kier alpha value is -0.520. The summed E-state index contributed by atoms with van der Waals surface area (Å²) in [6, 6.07) is 0. The van der Waals surface area contributed by atoms with E-state index in [1.165, 1.54) is 57.8 Å². The standard InChI is InChI=1S/C18H34O2/c1-4-7-8-9-10-11-12-13-14-15-16-17-18(19-5-2)20-6-3/h1,18H,5-17H2,2-3H3. The number of hydrogen-bond acceptors (Lipinski definition) is 2. The zero-order chi connectivity index (χ0) is 14.9. The third-order valence-corrected chi connectivity index (χ3v) is 3.47. The molecule has 0 aliphatic heterocycles. The Bertz CT molecular complexity index is 214. The Kier molecular flexibility index (Phi) is 16.1. The Labute approximate surface area is 126 Å². The average molecular weight is 282 g/mol. The molecule has 0 aliphatic carbocycles. The van der Waals surface area contributed by atoms with Gasteiger partial charge in [-0.05, 0) is 33.1 Å². The van der Waals surface area contributed by atoms with Crippen LogP contribution in [0.4, 0.5) is 0 Å². The molecule has 0 bridgehead atoms. The van der Waals surface area contributed by atoms with Gasteiger partial charge >= 0.3 is 0 Å². The molecule has 20 heavy (non-hydrogen) atoms. The number of unbranched alkanes of at least 4 members (excludes halogenated alkanes) is 9. The molecule has 0 aromatic rings. The molecule has 0 saturated heterocycles. The molecule has 0 N–H and O–H groups in total. The SMILES string of the molecule is C#CCCCCCCCCCCCC(OCC)OCC. The van der Waals surface area contributed by atoms with Crippen molar-refractivity contribution >= 4 is 0 Å². The first-order chi connectivity index (χ1) is 9.85. The van der Waals surface area contributed by atoms with Crippen molar-refractivity contribution < 1.29 is 9.47 Å². The summed E-state index contributed by atoms with van der Waals surface area (Å²) in [4.78, 5) is 0. The molecule has 0 saturated carbocycles. The van der Waals surface area contributed by atoms with Crippen molar-refractivity contribution in [1.82, 2.24) is 0 Å². The minimum Gasteiger partial charge on any atom is -0.353 e. The lowest BCUT2D eigenvalue weighted by atomic mass is 10.1. The highest BCUT2D eigenvalue weighted by Gasteiger charge is 2.06. The van der Waals surface area contributed by atoms with Crippen LogP contribution in [-0.4, -0.2) is 19.5 Å². The van der Waals surface area contributed by atoms with Crippen molar-refractivity contribution in [1.29, 1.82) is 0 Å². The second kappa shape index (κ2) is 16.5. The van der Waals surface area contributed by atoms with Crippen LogP contribution in [0.3, 0.4) is 0 Å². The Morgan fingerprint density at radius 1 is 0.750 bits per heavy atom. The van der Waals surface area contributed by atoms with Crippen LogP contribution in [0.5, 0.6) is 0 Å². The number of hydrogen-bond donors (Lipinski definition) is 0. The van der Waals surface area contributed by atoms with Crippen LogP contribution in [0.25, 0.3) is 0 Å². The number of rotatable bonds is 15. The molecule has 0 rings (SSSR count). The van der Waals surface area contributed by atoms with Crippen molar-refractivity contribution in [2.45, 2.75) is 90.8 Å². The van der Waals surface area contributed by atoms with Gasteiger partial charge in [0.05, 0.1) is 0 Å². The van der Waals surface area contributed by atoms with Crippen LogP contribution >= 0.6 is 0 Å². The molecule has 0 aromatic heterocycles. The Balaban J connectivity index is 3.21. The van der Waals surface area contributed by atoms with Crippen LogP contribution < -0.4 is 0 Å². The van der Waals surface area contributed by atoms with Gasteiger partial charge in [-0.3, -0.25) is 0 Å². The van der Waals surface area contributed by atoms with E-state index < -0.39 is 0 Å². The summed E-state index contributed by atoms with van der Waals surface area (Å²) < 4.78 is 11.1. The lowest BCUT2D eigenvalue weighted by Gasteiger charge is -2.16. The molecule has 0 unspecified atom stereocenters. The largest absolute Gasteiger partial charge is 0.353 e. The van der Waals surface area contributed by atoms with Gasteiger partial charge in [-0.25, -0.2) is 0 Å². The molecule has 0 amide bonds. The molecular weight excluding hydrogens is 248 g/mol. The summed E-state index contributed by atoms with van der Waals surface area (Å²) in [5.41, 5.74) is 0. The van der Waals surface area contributed by atoms with Crippen molar-refractivity contribution in [3.63, 3.8) is 0 Å². The summed E-state index contributed by atoms with van der Waals surface area (Å²) in [7, 11) is 0. The number of terminal acetylenes is 1. The molecular formula is C18H34O2. The molecule has 0 heterocycles. The third kappa shape index (κ3) is 13.9. The maximum absolute atomic E-state index is 5.54. The van der Waals surface area contributed by atoms with Gasteiger partial charge in [0.1, 0.15) is 0 Å². The normalized spacial score (nSPS) is 10.9. The zero-order valence-electron chi connectivity index (χ0n) is 13.7. The molecule has 0 radical (unpaired) electrons. The lowest BCUT2D eigenvalue weighted by Crippen LogP contribution is -2.17. The Morgan fingerprint density at radius 2 is 1.20 bits per heavy atom. The minimum atomic E-state index is 0.0150. The van der Waals surface area contributed by atoms with Crippen molar-refractivity contribution in [2.75, 3.05) is 13.2 Å². The molecule has 0 aromatic carbocycles. The summed E-state index contributed by atoms with van der Waals surface area (Å²) in [6.07, 6.45) is 19.0. The smallest absolute Gasteiger partial charge is 0.157 e. The second-order valence-corrected chi connectivity index (χ2v) is 5.27. The van der Waals surface area contributed by atoms with Gasteiger partial charge in [-0.1, -0.05) is 44.9 Å². The third-order valence-electron chi connectivity index (χ3n) is 3.47. The second-order valence-electron chi connectivity index (χ2n) is 5.27. The van der Waals surface area contributed by atoms with Gasteiger partial charge in [0, 0.05) is 19.6 Å². The van der Waals surface area contributed by atoms with Crippen LogP contribution in [-0.2, 0) is 9.47 Å². The first-order valence-electron chi connectivity index (χ1n) is 8.51. The van der Waals surface area contributed by atoms with E-state index in [-0.39, 0.29) is 6.29 Å². The molecule has 0 aliphatic rings. The molecule has 0 spiro atoms. The summed E-state index contributed by atoms with van der Waals surface area (Å²) in [5, 5.41) is 0. The van der Waals surface area contributed by atoms with E-state index in [4.69, 9.17) is 15.9 Å². The van der Waals surface area contributed by atoms with Gasteiger partial charge in [0.2, 0.25) is 0 Å². The van der Waals surface area contributed by atoms with Gasteiger partial charge in [-0.2, -0.15) is 0 Å². The predicted octanol–water partition coefficient (Wildman–Crippen LogP) is 5.31. The van der Waals surface area contributed by atoms with Crippen LogP contribution in [0.15, 0.2) is 0 Å². The maximum atomic E-state index is 5.54. The highest BCUT2D eigenvalue weighted by atomic mass is 16.7. The zero-order valence-corrected chi connectivity index (χ0v) is 13.7. The predicted molar refractivity (Wildman–Crippen MR) is 86.7 cm³/mol. The molecule has 0 atom stereocenters. The molecule has 118 valence electrons. The quantitative estimate of drug-likeness (QED) is 0.230. The van der Waals surface area contributed by atoms with Gasteiger partial charge in [-0.15, -0.1) is 12.3 Å². The van der Waals surface area contributed by atoms with E-state index in [9.17, 15) is 0 Å². The van der Waals surface area contributed by atoms with Crippen LogP contribution in [0.1, 0.15) is 84.5 Å². The molecule has 2 heteroatoms. The van der Waals surface area contributed by atoms with Crippen molar-refractivity contribution in [2.24, 2.45) is 0 Å². The number of ether oxygens (including phenoxy) is 2. The monoisotopic (exact) mass is 282 g/mol. The summed E-state index contributed by atoms with van der Waals surface area (Å²) >= 11 is 0. The fourth-order valence-electron chi connectivity index (χ4n) is 2.36. The van der Waals surface area contributed by atoms with Gasteiger partial charge in [0.25, 0.3) is 0 Å². The highest BCUT2D eigenvalue weighted by Crippen LogP contribution is 2.13. The van der Waals surface area contributed by atoms with E-state index in [1.807, 2.05) is 13.8 Å². The summed E-state index contributed by atoms with van der Waals surface area (Å²) in [6.45, 7) is 5.53. The average Bonchev–Trinajstić information content (AvgIpc) is 2.45.